The van der Waals surface area contributed by atoms with Gasteiger partial charge in [0.1, 0.15) is 11.6 Å². The lowest BCUT2D eigenvalue weighted by Gasteiger charge is -2.07. The van der Waals surface area contributed by atoms with Gasteiger partial charge in [0.25, 0.3) is 5.69 Å². The Balaban J connectivity index is 2.29. The monoisotopic (exact) mass is 254 g/mol. The van der Waals surface area contributed by atoms with Crippen molar-refractivity contribution in [1.82, 2.24) is 0 Å². The Kier molecular flexibility index (Phi) is 3.30. The van der Waals surface area contributed by atoms with Crippen LogP contribution in [0.2, 0.25) is 0 Å². The van der Waals surface area contributed by atoms with Crippen LogP contribution in [0.15, 0.2) is 42.5 Å². The van der Waals surface area contributed by atoms with Crippen molar-refractivity contribution in [3.8, 4) is 6.07 Å². The first-order valence-electron chi connectivity index (χ1n) is 5.41. The Morgan fingerprint density at radius 1 is 1.16 bits per heavy atom. The second-order valence-electron chi connectivity index (χ2n) is 3.85. The molecule has 2 aromatic carbocycles. The summed E-state index contributed by atoms with van der Waals surface area (Å²) in [6, 6.07) is 13.1. The fraction of sp³-hybridized carbons (Fsp3) is 0. The fourth-order valence-corrected chi connectivity index (χ4v) is 1.60. The van der Waals surface area contributed by atoms with E-state index in [9.17, 15) is 10.1 Å². The number of nitrogens with two attached hydrogens (primary N) is 1. The van der Waals surface area contributed by atoms with E-state index in [2.05, 4.69) is 5.32 Å². The highest BCUT2D eigenvalue weighted by Gasteiger charge is 2.13. The molecule has 0 aromatic heterocycles. The lowest BCUT2D eigenvalue weighted by atomic mass is 10.1. The molecule has 0 unspecified atom stereocenters. The van der Waals surface area contributed by atoms with E-state index in [4.69, 9.17) is 11.0 Å². The summed E-state index contributed by atoms with van der Waals surface area (Å²) in [5.41, 5.74) is 7.42. The van der Waals surface area contributed by atoms with E-state index >= 15 is 0 Å². The van der Waals surface area contributed by atoms with E-state index in [1.54, 1.807) is 30.3 Å². The highest BCUT2D eigenvalue weighted by atomic mass is 16.6. The van der Waals surface area contributed by atoms with E-state index in [0.717, 1.165) is 5.69 Å². The van der Waals surface area contributed by atoms with Crippen molar-refractivity contribution in [2.24, 2.45) is 0 Å². The Morgan fingerprint density at radius 3 is 2.37 bits per heavy atom. The standard InChI is InChI=1S/C13H10N4O2/c14-8-9-7-12(5-6-13(9)17(18)19)16-11-3-1-10(15)2-4-11/h1-7,16H,15H2. The largest absolute Gasteiger partial charge is 0.399 e. The number of hydrogen-bond acceptors (Lipinski definition) is 5. The van der Waals surface area contributed by atoms with Crippen molar-refractivity contribution in [2.45, 2.75) is 0 Å². The number of nitro benzene ring substituents is 1. The molecule has 6 heteroatoms. The van der Waals surface area contributed by atoms with Crippen molar-refractivity contribution in [1.29, 1.82) is 5.26 Å². The summed E-state index contributed by atoms with van der Waals surface area (Å²) < 4.78 is 0. The van der Waals surface area contributed by atoms with Crippen molar-refractivity contribution < 1.29 is 4.92 Å². The summed E-state index contributed by atoms with van der Waals surface area (Å²) in [6.45, 7) is 0. The third-order valence-electron chi connectivity index (χ3n) is 2.51. The number of anilines is 3. The number of rotatable bonds is 3. The molecule has 0 aliphatic rings. The maximum Gasteiger partial charge on any atom is 0.287 e. The van der Waals surface area contributed by atoms with Gasteiger partial charge < -0.3 is 11.1 Å². The van der Waals surface area contributed by atoms with Gasteiger partial charge >= 0.3 is 0 Å². The molecule has 0 amide bonds. The Bertz CT molecular complexity index is 659. The van der Waals surface area contributed by atoms with Gasteiger partial charge in [-0.2, -0.15) is 5.26 Å². The quantitative estimate of drug-likeness (QED) is 0.497. The Hall–Kier alpha value is -3.07. The summed E-state index contributed by atoms with van der Waals surface area (Å²) in [5, 5.41) is 22.6. The molecule has 0 fully saturated rings. The normalized spacial score (nSPS) is 9.63. The SMILES string of the molecule is N#Cc1cc(Nc2ccc(N)cc2)ccc1[N+](=O)[O-]. The molecule has 2 rings (SSSR count). The first-order chi connectivity index (χ1) is 9.10. The number of nitrogens with one attached hydrogen (secondary N) is 1. The summed E-state index contributed by atoms with van der Waals surface area (Å²) in [4.78, 5) is 10.1. The molecule has 0 bridgehead atoms. The van der Waals surface area contributed by atoms with E-state index in [-0.39, 0.29) is 11.3 Å². The molecule has 0 spiro atoms. The van der Waals surface area contributed by atoms with Crippen LogP contribution in [-0.4, -0.2) is 4.92 Å². The molecule has 19 heavy (non-hydrogen) atoms. The molecule has 0 aliphatic carbocycles. The molecule has 0 radical (unpaired) electrons. The smallest absolute Gasteiger partial charge is 0.287 e. The average Bonchev–Trinajstić information content (AvgIpc) is 2.41. The van der Waals surface area contributed by atoms with Gasteiger partial charge in [-0.15, -0.1) is 0 Å². The number of nitriles is 1. The molecule has 3 N–H and O–H groups in total. The van der Waals surface area contributed by atoms with Crippen LogP contribution in [0.3, 0.4) is 0 Å². The van der Waals surface area contributed by atoms with Crippen molar-refractivity contribution in [3.05, 3.63) is 58.1 Å². The molecule has 0 aliphatic heterocycles. The molecule has 0 atom stereocenters. The van der Waals surface area contributed by atoms with Crippen LogP contribution in [-0.2, 0) is 0 Å². The second kappa shape index (κ2) is 5.06. The van der Waals surface area contributed by atoms with Crippen LogP contribution in [0, 0.1) is 21.4 Å². The highest BCUT2D eigenvalue weighted by Crippen LogP contribution is 2.24. The molecule has 6 nitrogen and oxygen atoms in total. The first-order valence-corrected chi connectivity index (χ1v) is 5.41. The lowest BCUT2D eigenvalue weighted by molar-refractivity contribution is -0.385. The number of benzene rings is 2. The summed E-state index contributed by atoms with van der Waals surface area (Å²) >= 11 is 0. The highest BCUT2D eigenvalue weighted by molar-refractivity contribution is 5.66. The lowest BCUT2D eigenvalue weighted by Crippen LogP contribution is -1.95. The average molecular weight is 254 g/mol. The Labute approximate surface area is 109 Å². The maximum atomic E-state index is 10.7. The van der Waals surface area contributed by atoms with Crippen molar-refractivity contribution in [3.63, 3.8) is 0 Å². The van der Waals surface area contributed by atoms with Crippen molar-refractivity contribution in [2.75, 3.05) is 11.1 Å². The topological polar surface area (TPSA) is 105 Å². The minimum absolute atomic E-state index is 0.0189. The van der Waals surface area contributed by atoms with Crippen LogP contribution < -0.4 is 11.1 Å². The Morgan fingerprint density at radius 2 is 1.79 bits per heavy atom. The van der Waals surface area contributed by atoms with Gasteiger partial charge in [0.2, 0.25) is 0 Å². The molecular weight excluding hydrogens is 244 g/mol. The van der Waals surface area contributed by atoms with E-state index in [1.165, 1.54) is 12.1 Å². The summed E-state index contributed by atoms with van der Waals surface area (Å²) in [5.74, 6) is 0. The van der Waals surface area contributed by atoms with E-state index < -0.39 is 4.92 Å². The van der Waals surface area contributed by atoms with Crippen LogP contribution in [0.4, 0.5) is 22.7 Å². The fourth-order valence-electron chi connectivity index (χ4n) is 1.60. The summed E-state index contributed by atoms with van der Waals surface area (Å²) in [6.07, 6.45) is 0. The van der Waals surface area contributed by atoms with Gasteiger partial charge in [-0.1, -0.05) is 0 Å². The van der Waals surface area contributed by atoms with E-state index in [1.807, 2.05) is 6.07 Å². The zero-order valence-corrected chi connectivity index (χ0v) is 9.83. The van der Waals surface area contributed by atoms with Gasteiger partial charge in [-0.05, 0) is 36.4 Å². The molecule has 94 valence electrons. The molecule has 0 saturated carbocycles. The minimum Gasteiger partial charge on any atom is -0.399 e. The summed E-state index contributed by atoms with van der Waals surface area (Å²) in [7, 11) is 0. The van der Waals surface area contributed by atoms with Crippen LogP contribution in [0.1, 0.15) is 5.56 Å². The van der Waals surface area contributed by atoms with Gasteiger partial charge in [-0.3, -0.25) is 10.1 Å². The van der Waals surface area contributed by atoms with Gasteiger partial charge in [0.15, 0.2) is 0 Å². The van der Waals surface area contributed by atoms with Gasteiger partial charge in [0, 0.05) is 23.1 Å². The predicted molar refractivity (Wildman–Crippen MR) is 71.9 cm³/mol. The molecule has 0 saturated heterocycles. The van der Waals surface area contributed by atoms with Crippen molar-refractivity contribution >= 4 is 22.7 Å². The first kappa shape index (κ1) is 12.4. The minimum atomic E-state index is -0.578. The number of hydrogen-bond donors (Lipinski definition) is 2. The second-order valence-corrected chi connectivity index (χ2v) is 3.85. The molecule has 0 heterocycles. The van der Waals surface area contributed by atoms with Gasteiger partial charge in [0.05, 0.1) is 4.92 Å². The molecule has 2 aromatic rings. The third-order valence-corrected chi connectivity index (χ3v) is 2.51. The zero-order chi connectivity index (χ0) is 13.8. The third kappa shape index (κ3) is 2.79. The van der Waals surface area contributed by atoms with E-state index in [0.29, 0.717) is 11.4 Å². The van der Waals surface area contributed by atoms with Crippen LogP contribution >= 0.6 is 0 Å². The number of nitrogen functional groups attached to an aromatic ring is 1. The van der Waals surface area contributed by atoms with Crippen LogP contribution in [0.5, 0.6) is 0 Å². The number of nitrogens with zero attached hydrogens (tertiary/aromatic N) is 2. The predicted octanol–water partition coefficient (Wildman–Crippen LogP) is 2.79. The molecular formula is C13H10N4O2. The number of nitro groups is 1. The maximum absolute atomic E-state index is 10.7. The van der Waals surface area contributed by atoms with Crippen LogP contribution in [0.25, 0.3) is 0 Å². The van der Waals surface area contributed by atoms with Gasteiger partial charge in [-0.25, -0.2) is 0 Å². The zero-order valence-electron chi connectivity index (χ0n) is 9.83.